The molecule has 2 saturated heterocycles. The summed E-state index contributed by atoms with van der Waals surface area (Å²) >= 11 is 1.28. The molecule has 6 rings (SSSR count). The molecule has 2 fully saturated rings. The monoisotopic (exact) mass is 614 g/mol. The highest BCUT2D eigenvalue weighted by molar-refractivity contribution is 7.16. The zero-order chi connectivity index (χ0) is 31.2. The fourth-order valence-corrected chi connectivity index (χ4v) is 6.80. The smallest absolute Gasteiger partial charge is 0.236 e. The number of aliphatic hydroxyl groups is 1. The molecule has 1 atom stereocenters. The quantitative estimate of drug-likeness (QED) is 0.405. The number of benzene rings is 1. The molecule has 2 aromatic heterocycles. The maximum atomic E-state index is 13.5. The molecule has 0 radical (unpaired) electrons. The number of hydrogen-bond donors (Lipinski definition) is 1. The van der Waals surface area contributed by atoms with Gasteiger partial charge in [-0.1, -0.05) is 24.2 Å². The van der Waals surface area contributed by atoms with Crippen molar-refractivity contribution in [3.05, 3.63) is 52.6 Å². The van der Waals surface area contributed by atoms with Gasteiger partial charge in [-0.3, -0.25) is 14.6 Å². The number of β-amino-alcohol motifs (C(OH)–C–C–N with tert-alkyl or cyclic N) is 1. The van der Waals surface area contributed by atoms with E-state index in [0.717, 1.165) is 49.1 Å². The lowest BCUT2D eigenvalue weighted by molar-refractivity contribution is -0.153. The molecule has 1 aromatic carbocycles. The van der Waals surface area contributed by atoms with Crippen LogP contribution in [0.1, 0.15) is 37.2 Å². The summed E-state index contributed by atoms with van der Waals surface area (Å²) in [6.45, 7) is 10.1. The fraction of sp³-hybridized carbons (Fsp3) is 0.438. The molecule has 0 bridgehead atoms. The molecule has 1 unspecified atom stereocenters. The maximum absolute atomic E-state index is 13.5. The van der Waals surface area contributed by atoms with Crippen LogP contribution in [-0.4, -0.2) is 105 Å². The second kappa shape index (κ2) is 11.8. The minimum absolute atomic E-state index is 0.0654. The number of piperazine rings is 1. The Balaban J connectivity index is 1.20. The molecule has 0 aliphatic carbocycles. The van der Waals surface area contributed by atoms with Gasteiger partial charge >= 0.3 is 0 Å². The summed E-state index contributed by atoms with van der Waals surface area (Å²) in [4.78, 5) is 31.0. The number of thiazole rings is 1. The van der Waals surface area contributed by atoms with Gasteiger partial charge in [0.2, 0.25) is 5.91 Å². The van der Waals surface area contributed by atoms with Gasteiger partial charge in [0.1, 0.15) is 28.3 Å². The van der Waals surface area contributed by atoms with E-state index >= 15 is 0 Å². The number of imidazole rings is 1. The van der Waals surface area contributed by atoms with Crippen LogP contribution < -0.4 is 4.90 Å². The number of nitriles is 1. The van der Waals surface area contributed by atoms with Crippen LogP contribution in [0.15, 0.2) is 30.3 Å². The molecule has 44 heavy (non-hydrogen) atoms. The van der Waals surface area contributed by atoms with Crippen molar-refractivity contribution in [3.8, 4) is 29.3 Å². The number of rotatable bonds is 7. The third-order valence-electron chi connectivity index (χ3n) is 8.36. The van der Waals surface area contributed by atoms with Crippen LogP contribution >= 0.6 is 11.3 Å². The van der Waals surface area contributed by atoms with E-state index in [2.05, 4.69) is 40.8 Å². The Morgan fingerprint density at radius 1 is 1.23 bits per heavy atom. The molecule has 0 saturated carbocycles. The van der Waals surface area contributed by atoms with Gasteiger partial charge < -0.3 is 14.9 Å². The Bertz CT molecular complexity index is 1710. The average molecular weight is 615 g/mol. The molecule has 3 aliphatic heterocycles. The van der Waals surface area contributed by atoms with Crippen molar-refractivity contribution in [2.75, 3.05) is 57.8 Å². The van der Waals surface area contributed by atoms with Crippen LogP contribution in [0.2, 0.25) is 0 Å². The number of fused-ring (bicyclic) bond motifs is 1. The highest BCUT2D eigenvalue weighted by Crippen LogP contribution is 2.38. The lowest BCUT2D eigenvalue weighted by atomic mass is 9.97. The van der Waals surface area contributed by atoms with Gasteiger partial charge in [0.05, 0.1) is 37.0 Å². The van der Waals surface area contributed by atoms with E-state index in [1.54, 1.807) is 24.0 Å². The van der Waals surface area contributed by atoms with Crippen LogP contribution in [-0.2, 0) is 11.2 Å². The number of likely N-dealkylation sites (tertiary alicyclic amines) is 1. The lowest BCUT2D eigenvalue weighted by Crippen LogP contribution is -2.63. The van der Waals surface area contributed by atoms with Gasteiger partial charge in [-0.05, 0) is 56.2 Å². The Morgan fingerprint density at radius 3 is 2.57 bits per heavy atom. The van der Waals surface area contributed by atoms with Crippen molar-refractivity contribution >= 4 is 33.8 Å². The first-order valence-electron chi connectivity index (χ1n) is 14.8. The van der Waals surface area contributed by atoms with E-state index in [0.29, 0.717) is 47.3 Å². The number of anilines is 2. The van der Waals surface area contributed by atoms with Crippen LogP contribution in [0.3, 0.4) is 0 Å². The number of nitrogens with zero attached hydrogens (tertiary/aromatic N) is 8. The van der Waals surface area contributed by atoms with Gasteiger partial charge in [0.25, 0.3) is 0 Å². The van der Waals surface area contributed by atoms with E-state index < -0.39 is 5.60 Å². The highest BCUT2D eigenvalue weighted by atomic mass is 32.1. The van der Waals surface area contributed by atoms with Crippen molar-refractivity contribution < 1.29 is 14.3 Å². The Kier molecular flexibility index (Phi) is 8.03. The van der Waals surface area contributed by atoms with E-state index in [4.69, 9.17) is 9.97 Å². The molecule has 5 heterocycles. The third kappa shape index (κ3) is 5.74. The number of carbonyl (C=O) groups excluding carboxylic acids is 1. The van der Waals surface area contributed by atoms with E-state index in [9.17, 15) is 19.6 Å². The standard InChI is InChI=1S/C32H35FN8O2S/c1-5-25-30(37(4)31-36-28(26(17-34)44-31)22-6-8-23(33)9-7-22)41-11-10-24(16-21(2)29(41)35-25)39-14-12-38(13-15-39)18-27(42)40-19-32(3,43)20-40/h6-9,16,24,43H,5,12-15,18-20H2,1-4H3. The molecular formula is C32H35FN8O2S. The first kappa shape index (κ1) is 30.0. The molecule has 0 spiro atoms. The summed E-state index contributed by atoms with van der Waals surface area (Å²) in [5.41, 5.74) is 2.33. The number of hydrogen-bond acceptors (Lipinski definition) is 9. The molecular weight excluding hydrogens is 579 g/mol. The van der Waals surface area contributed by atoms with Crippen LogP contribution in [0, 0.1) is 29.1 Å². The topological polar surface area (TPSA) is 105 Å². The number of aromatic nitrogens is 3. The predicted molar refractivity (Wildman–Crippen MR) is 168 cm³/mol. The minimum Gasteiger partial charge on any atom is -0.386 e. The van der Waals surface area contributed by atoms with Gasteiger partial charge in [0, 0.05) is 44.8 Å². The summed E-state index contributed by atoms with van der Waals surface area (Å²) < 4.78 is 15.5. The molecule has 1 N–H and O–H groups in total. The van der Waals surface area contributed by atoms with E-state index in [1.165, 1.54) is 23.5 Å². The Hall–Kier alpha value is -4.07. The van der Waals surface area contributed by atoms with Crippen LogP contribution in [0.4, 0.5) is 15.3 Å². The minimum atomic E-state index is -0.760. The zero-order valence-corrected chi connectivity index (χ0v) is 26.2. The summed E-state index contributed by atoms with van der Waals surface area (Å²) in [5, 5.41) is 20.4. The van der Waals surface area contributed by atoms with Gasteiger partial charge in [0.15, 0.2) is 10.9 Å². The van der Waals surface area contributed by atoms with Gasteiger partial charge in [-0.25, -0.2) is 18.9 Å². The number of amides is 1. The van der Waals surface area contributed by atoms with Crippen molar-refractivity contribution in [1.29, 1.82) is 5.26 Å². The van der Waals surface area contributed by atoms with Crippen molar-refractivity contribution in [3.63, 3.8) is 0 Å². The van der Waals surface area contributed by atoms with Crippen LogP contribution in [0.5, 0.6) is 0 Å². The first-order valence-corrected chi connectivity index (χ1v) is 15.6. The molecule has 10 nitrogen and oxygen atoms in total. The molecule has 1 amide bonds. The number of aryl methyl sites for hydroxylation is 1. The lowest BCUT2D eigenvalue weighted by Gasteiger charge is -2.45. The van der Waals surface area contributed by atoms with Crippen molar-refractivity contribution in [1.82, 2.24) is 29.2 Å². The molecule has 3 aliphatic rings. The van der Waals surface area contributed by atoms with Crippen LogP contribution in [0.25, 0.3) is 16.8 Å². The molecule has 12 heteroatoms. The largest absolute Gasteiger partial charge is 0.386 e. The second-order valence-electron chi connectivity index (χ2n) is 11.9. The SMILES string of the molecule is CCc1nc2n(c1N(C)c1nc(-c3ccc(F)cc3)c(C#N)s1)C#CC(N1CCN(CC(=O)N3CC(C)(O)C3)CC1)C=C2C. The molecule has 228 valence electrons. The Labute approximate surface area is 260 Å². The summed E-state index contributed by atoms with van der Waals surface area (Å²) in [6, 6.07) is 11.5. The zero-order valence-electron chi connectivity index (χ0n) is 25.3. The normalized spacial score (nSPS) is 19.6. The van der Waals surface area contributed by atoms with E-state index in [1.807, 2.05) is 23.4 Å². The summed E-state index contributed by atoms with van der Waals surface area (Å²) in [6.07, 6.45) is 2.85. The van der Waals surface area contributed by atoms with E-state index in [-0.39, 0.29) is 17.8 Å². The number of allylic oxidation sites excluding steroid dienone is 1. The molecule has 3 aromatic rings. The highest BCUT2D eigenvalue weighted by Gasteiger charge is 2.39. The Morgan fingerprint density at radius 2 is 1.93 bits per heavy atom. The number of halogens is 1. The first-order chi connectivity index (χ1) is 21.1. The summed E-state index contributed by atoms with van der Waals surface area (Å²) in [5.74, 6) is 4.76. The van der Waals surface area contributed by atoms with Crippen molar-refractivity contribution in [2.24, 2.45) is 0 Å². The van der Waals surface area contributed by atoms with Crippen molar-refractivity contribution in [2.45, 2.75) is 38.8 Å². The second-order valence-corrected chi connectivity index (χ2v) is 12.8. The fourth-order valence-electron chi connectivity index (χ4n) is 5.95. The predicted octanol–water partition coefficient (Wildman–Crippen LogP) is 3.15. The summed E-state index contributed by atoms with van der Waals surface area (Å²) in [7, 11) is 1.91. The third-order valence-corrected chi connectivity index (χ3v) is 9.39. The van der Waals surface area contributed by atoms with Gasteiger partial charge in [-0.15, -0.1) is 0 Å². The number of carbonyl (C=O) groups is 1. The van der Waals surface area contributed by atoms with Gasteiger partial charge in [-0.2, -0.15) is 5.26 Å². The average Bonchev–Trinajstić information content (AvgIpc) is 3.56. The maximum Gasteiger partial charge on any atom is 0.236 e.